The maximum Gasteiger partial charge on any atom is 0.326 e. The summed E-state index contributed by atoms with van der Waals surface area (Å²) in [4.78, 5) is 71.0. The zero-order valence-corrected chi connectivity index (χ0v) is 18.5. The van der Waals surface area contributed by atoms with Crippen LogP contribution in [-0.4, -0.2) is 81.6 Å². The van der Waals surface area contributed by atoms with Gasteiger partial charge in [0.2, 0.25) is 29.5 Å². The third-order valence-electron chi connectivity index (χ3n) is 4.60. The number of carbonyl (C=O) groups is 6. The molecule has 5 amide bonds. The average molecular weight is 496 g/mol. The average Bonchev–Trinajstić information content (AvgIpc) is 2.76. The van der Waals surface area contributed by atoms with Gasteiger partial charge in [-0.3, -0.25) is 24.0 Å². The molecule has 0 radical (unpaired) electrons. The van der Waals surface area contributed by atoms with E-state index < -0.39 is 79.1 Å². The van der Waals surface area contributed by atoms with Crippen LogP contribution in [-0.2, 0) is 35.2 Å². The van der Waals surface area contributed by atoms with Gasteiger partial charge in [-0.05, 0) is 17.7 Å². The van der Waals surface area contributed by atoms with Gasteiger partial charge in [0.15, 0.2) is 0 Å². The van der Waals surface area contributed by atoms with Crippen molar-refractivity contribution in [1.82, 2.24) is 16.0 Å². The van der Waals surface area contributed by atoms with Crippen LogP contribution in [0, 0.1) is 0 Å². The number of phenols is 1. The molecule has 0 spiro atoms. The van der Waals surface area contributed by atoms with E-state index >= 15 is 0 Å². The molecule has 0 aliphatic rings. The van der Waals surface area contributed by atoms with Gasteiger partial charge in [0.1, 0.15) is 23.9 Å². The number of aliphatic carboxylic acids is 1. The van der Waals surface area contributed by atoms with Crippen molar-refractivity contribution in [2.75, 3.05) is 6.61 Å². The number of carbonyl (C=O) groups excluding carboxylic acids is 5. The zero-order valence-electron chi connectivity index (χ0n) is 18.5. The SMILES string of the molecule is NC(=O)CC(N)C(=O)NC(CO)C(=O)NC(Cc1ccc(O)cc1)C(=O)NC(CC(N)=O)C(=O)O. The van der Waals surface area contributed by atoms with Crippen LogP contribution in [0.3, 0.4) is 0 Å². The minimum atomic E-state index is -1.68. The summed E-state index contributed by atoms with van der Waals surface area (Å²) in [5.74, 6) is -6.48. The predicted molar refractivity (Wildman–Crippen MR) is 118 cm³/mol. The lowest BCUT2D eigenvalue weighted by molar-refractivity contribution is -0.143. The number of phenolic OH excluding ortho intramolecular Hbond substituents is 1. The van der Waals surface area contributed by atoms with Gasteiger partial charge in [-0.2, -0.15) is 0 Å². The first-order valence-electron chi connectivity index (χ1n) is 10.2. The van der Waals surface area contributed by atoms with Crippen LogP contribution in [0.5, 0.6) is 5.75 Å². The Balaban J connectivity index is 3.06. The number of aliphatic hydroxyl groups excluding tert-OH is 1. The molecule has 0 saturated heterocycles. The van der Waals surface area contributed by atoms with Crippen molar-refractivity contribution in [3.8, 4) is 5.75 Å². The van der Waals surface area contributed by atoms with Crippen molar-refractivity contribution in [2.45, 2.75) is 43.4 Å². The van der Waals surface area contributed by atoms with Gasteiger partial charge in [-0.15, -0.1) is 0 Å². The van der Waals surface area contributed by atoms with Crippen LogP contribution in [0.2, 0.25) is 0 Å². The Kier molecular flexibility index (Phi) is 11.1. The van der Waals surface area contributed by atoms with Crippen LogP contribution in [0.4, 0.5) is 0 Å². The van der Waals surface area contributed by atoms with Crippen molar-refractivity contribution in [3.63, 3.8) is 0 Å². The van der Waals surface area contributed by atoms with E-state index in [4.69, 9.17) is 17.2 Å². The summed E-state index contributed by atoms with van der Waals surface area (Å²) in [5, 5.41) is 34.7. The Morgan fingerprint density at radius 3 is 1.74 bits per heavy atom. The summed E-state index contributed by atoms with van der Waals surface area (Å²) < 4.78 is 0. The van der Waals surface area contributed by atoms with Gasteiger partial charge >= 0.3 is 5.97 Å². The minimum absolute atomic E-state index is 0.0680. The molecule has 1 aromatic carbocycles. The molecule has 0 heterocycles. The lowest BCUT2D eigenvalue weighted by Crippen LogP contribution is -2.58. The van der Waals surface area contributed by atoms with E-state index in [0.717, 1.165) is 0 Å². The van der Waals surface area contributed by atoms with Gasteiger partial charge in [-0.1, -0.05) is 12.1 Å². The quantitative estimate of drug-likeness (QED) is 0.119. The molecule has 0 bridgehead atoms. The number of amides is 5. The van der Waals surface area contributed by atoms with E-state index in [9.17, 15) is 44.1 Å². The number of aliphatic hydroxyl groups is 1. The van der Waals surface area contributed by atoms with E-state index in [1.807, 2.05) is 0 Å². The maximum atomic E-state index is 12.8. The number of benzene rings is 1. The molecule has 0 aliphatic carbocycles. The van der Waals surface area contributed by atoms with E-state index in [-0.39, 0.29) is 12.2 Å². The Hall–Kier alpha value is -4.24. The summed E-state index contributed by atoms with van der Waals surface area (Å²) in [5.41, 5.74) is 15.9. The molecule has 12 N–H and O–H groups in total. The molecular weight excluding hydrogens is 468 g/mol. The minimum Gasteiger partial charge on any atom is -0.508 e. The molecule has 4 unspecified atom stereocenters. The van der Waals surface area contributed by atoms with E-state index in [1.54, 1.807) is 0 Å². The molecule has 1 rings (SSSR count). The number of rotatable bonds is 14. The second-order valence-electron chi connectivity index (χ2n) is 7.52. The first-order chi connectivity index (χ1) is 16.3. The van der Waals surface area contributed by atoms with E-state index in [2.05, 4.69) is 16.0 Å². The van der Waals surface area contributed by atoms with E-state index in [0.29, 0.717) is 5.56 Å². The van der Waals surface area contributed by atoms with Gasteiger partial charge in [0, 0.05) is 6.42 Å². The van der Waals surface area contributed by atoms with Gasteiger partial charge < -0.3 is 48.5 Å². The van der Waals surface area contributed by atoms with Crippen LogP contribution in [0.1, 0.15) is 18.4 Å². The summed E-state index contributed by atoms with van der Waals surface area (Å²) >= 11 is 0. The fourth-order valence-corrected chi connectivity index (χ4v) is 2.81. The fourth-order valence-electron chi connectivity index (χ4n) is 2.81. The second kappa shape index (κ2) is 13.5. The molecule has 192 valence electrons. The standard InChI is InChI=1S/C20H28N6O9/c21-11(6-15(22)29)17(31)26-14(8-27)19(33)24-12(5-9-1-3-10(28)4-2-9)18(32)25-13(20(34)35)7-16(23)30/h1-4,11-14,27-28H,5-8,21H2,(H2,22,29)(H2,23,30)(H,24,33)(H,25,32)(H,26,31)(H,34,35). The highest BCUT2D eigenvalue weighted by Crippen LogP contribution is 2.12. The monoisotopic (exact) mass is 496 g/mol. The second-order valence-corrected chi connectivity index (χ2v) is 7.52. The van der Waals surface area contributed by atoms with Crippen molar-refractivity contribution >= 4 is 35.5 Å². The van der Waals surface area contributed by atoms with Crippen LogP contribution >= 0.6 is 0 Å². The molecule has 15 heteroatoms. The molecule has 0 aliphatic heterocycles. The lowest BCUT2D eigenvalue weighted by atomic mass is 10.0. The summed E-state index contributed by atoms with van der Waals surface area (Å²) in [6, 6.07) is -0.590. The summed E-state index contributed by atoms with van der Waals surface area (Å²) in [6.45, 7) is -0.909. The van der Waals surface area contributed by atoms with Crippen molar-refractivity contribution < 1.29 is 44.1 Å². The number of hydrogen-bond acceptors (Lipinski definition) is 9. The number of nitrogens with two attached hydrogens (primary N) is 3. The smallest absolute Gasteiger partial charge is 0.326 e. The van der Waals surface area contributed by atoms with Crippen LogP contribution in [0.25, 0.3) is 0 Å². The number of nitrogens with one attached hydrogen (secondary N) is 3. The summed E-state index contributed by atoms with van der Waals surface area (Å²) in [6.07, 6.45) is -1.43. The highest BCUT2D eigenvalue weighted by atomic mass is 16.4. The van der Waals surface area contributed by atoms with Gasteiger partial charge in [-0.25, -0.2) is 4.79 Å². The fraction of sp³-hybridized carbons (Fsp3) is 0.400. The molecule has 0 aromatic heterocycles. The molecular formula is C20H28N6O9. The van der Waals surface area contributed by atoms with E-state index in [1.165, 1.54) is 24.3 Å². The van der Waals surface area contributed by atoms with Crippen molar-refractivity contribution in [1.29, 1.82) is 0 Å². The third-order valence-corrected chi connectivity index (χ3v) is 4.60. The molecule has 1 aromatic rings. The van der Waals surface area contributed by atoms with Crippen molar-refractivity contribution in [3.05, 3.63) is 29.8 Å². The maximum absolute atomic E-state index is 12.8. The molecule has 4 atom stereocenters. The molecule has 0 saturated carbocycles. The number of aromatic hydroxyl groups is 1. The number of hydrogen-bond donors (Lipinski definition) is 9. The van der Waals surface area contributed by atoms with Crippen LogP contribution < -0.4 is 33.2 Å². The van der Waals surface area contributed by atoms with Crippen molar-refractivity contribution in [2.24, 2.45) is 17.2 Å². The first-order valence-corrected chi connectivity index (χ1v) is 10.2. The Bertz CT molecular complexity index is 953. The topological polar surface area (TPSA) is 277 Å². The first kappa shape index (κ1) is 28.8. The number of carboxylic acid groups (broad SMARTS) is 1. The predicted octanol–water partition coefficient (Wildman–Crippen LogP) is -4.46. The van der Waals surface area contributed by atoms with Crippen LogP contribution in [0.15, 0.2) is 24.3 Å². The highest BCUT2D eigenvalue weighted by molar-refractivity contribution is 5.95. The lowest BCUT2D eigenvalue weighted by Gasteiger charge is -2.24. The van der Waals surface area contributed by atoms with Gasteiger partial charge in [0.25, 0.3) is 0 Å². The Morgan fingerprint density at radius 1 is 0.771 bits per heavy atom. The summed E-state index contributed by atoms with van der Waals surface area (Å²) in [7, 11) is 0. The van der Waals surface area contributed by atoms with Gasteiger partial charge in [0.05, 0.1) is 25.5 Å². The number of carboxylic acids is 1. The largest absolute Gasteiger partial charge is 0.508 e. The molecule has 15 nitrogen and oxygen atoms in total. The Morgan fingerprint density at radius 2 is 1.26 bits per heavy atom. The highest BCUT2D eigenvalue weighted by Gasteiger charge is 2.31. The Labute approximate surface area is 199 Å². The third kappa shape index (κ3) is 10.1. The number of primary amides is 2. The molecule has 35 heavy (non-hydrogen) atoms. The zero-order chi connectivity index (χ0) is 26.7. The normalized spacial score (nSPS) is 14.0. The molecule has 0 fully saturated rings.